The summed E-state index contributed by atoms with van der Waals surface area (Å²) >= 11 is 1.20. The number of hydrogen-bond donors (Lipinski definition) is 2. The number of rotatable bonds is 10. The number of aromatic nitrogens is 3. The van der Waals surface area contributed by atoms with Crippen molar-refractivity contribution < 1.29 is 32.3 Å². The van der Waals surface area contributed by atoms with Crippen LogP contribution in [0.1, 0.15) is 53.6 Å². The van der Waals surface area contributed by atoms with Crippen molar-refractivity contribution in [1.82, 2.24) is 20.3 Å². The Morgan fingerprint density at radius 3 is 2.55 bits per heavy atom. The number of ether oxygens (including phenoxy) is 1. The number of amides is 1. The minimum absolute atomic E-state index is 0.222. The number of imidazole rings is 1. The SMILES string of the molecule is O=C(CCCCC[C@H](NC(=O)c1cncs1)c1ncc(-c2ccc3ccccc3c2)[nH]1)OC(=O)C(F)(F)F. The van der Waals surface area contributed by atoms with Crippen molar-refractivity contribution in [3.8, 4) is 11.3 Å². The van der Waals surface area contributed by atoms with Crippen molar-refractivity contribution >= 4 is 40.0 Å². The molecule has 0 bridgehead atoms. The third-order valence-electron chi connectivity index (χ3n) is 5.76. The number of nitrogens with one attached hydrogen (secondary N) is 2. The topological polar surface area (TPSA) is 114 Å². The lowest BCUT2D eigenvalue weighted by atomic mass is 10.1. The molecule has 4 aromatic rings. The second-order valence-electron chi connectivity index (χ2n) is 8.49. The van der Waals surface area contributed by atoms with Gasteiger partial charge >= 0.3 is 18.1 Å². The number of benzene rings is 2. The molecule has 0 radical (unpaired) electrons. The summed E-state index contributed by atoms with van der Waals surface area (Å²) in [5.74, 6) is -3.52. The number of nitrogens with zero attached hydrogens (tertiary/aromatic N) is 2. The predicted octanol–water partition coefficient (Wildman–Crippen LogP) is 5.74. The van der Waals surface area contributed by atoms with Gasteiger partial charge < -0.3 is 15.0 Å². The number of halogens is 3. The van der Waals surface area contributed by atoms with Crippen LogP contribution < -0.4 is 5.32 Å². The Balaban J connectivity index is 1.39. The molecule has 2 aromatic heterocycles. The molecule has 0 saturated heterocycles. The Morgan fingerprint density at radius 2 is 1.82 bits per heavy atom. The predicted molar refractivity (Wildman–Crippen MR) is 134 cm³/mol. The number of carbonyl (C=O) groups excluding carboxylic acids is 3. The number of alkyl halides is 3. The lowest BCUT2D eigenvalue weighted by Crippen LogP contribution is -2.29. The van der Waals surface area contributed by atoms with E-state index in [4.69, 9.17) is 0 Å². The van der Waals surface area contributed by atoms with Crippen LogP contribution in [-0.4, -0.2) is 39.0 Å². The van der Waals surface area contributed by atoms with Gasteiger partial charge in [-0.1, -0.05) is 49.2 Å². The average Bonchev–Trinajstić information content (AvgIpc) is 3.60. The fourth-order valence-corrected chi connectivity index (χ4v) is 4.38. The molecule has 0 aliphatic carbocycles. The van der Waals surface area contributed by atoms with E-state index < -0.39 is 24.2 Å². The van der Waals surface area contributed by atoms with E-state index in [0.717, 1.165) is 22.0 Å². The minimum Gasteiger partial charge on any atom is -0.386 e. The van der Waals surface area contributed by atoms with Gasteiger partial charge in [-0.25, -0.2) is 9.78 Å². The summed E-state index contributed by atoms with van der Waals surface area (Å²) < 4.78 is 40.4. The van der Waals surface area contributed by atoms with E-state index in [2.05, 4.69) is 25.0 Å². The Bertz CT molecular complexity index is 1420. The maximum atomic E-state index is 12.7. The van der Waals surface area contributed by atoms with Crippen LogP contribution in [0.4, 0.5) is 13.2 Å². The molecule has 2 N–H and O–H groups in total. The van der Waals surface area contributed by atoms with E-state index in [1.54, 1.807) is 11.7 Å². The molecule has 2 aromatic carbocycles. The first-order valence-corrected chi connectivity index (χ1v) is 12.6. The Hall–Kier alpha value is -4.06. The molecule has 1 amide bonds. The first-order valence-electron chi connectivity index (χ1n) is 11.8. The number of fused-ring (bicyclic) bond motifs is 1. The molecule has 8 nitrogen and oxygen atoms in total. The van der Waals surface area contributed by atoms with Gasteiger partial charge in [0.2, 0.25) is 0 Å². The van der Waals surface area contributed by atoms with E-state index in [-0.39, 0.29) is 18.7 Å². The highest BCUT2D eigenvalue weighted by atomic mass is 32.1. The summed E-state index contributed by atoms with van der Waals surface area (Å²) in [5.41, 5.74) is 3.26. The highest BCUT2D eigenvalue weighted by molar-refractivity contribution is 7.11. The molecular weight excluding hydrogens is 521 g/mol. The molecule has 12 heteroatoms. The van der Waals surface area contributed by atoms with Crippen molar-refractivity contribution in [1.29, 1.82) is 0 Å². The maximum absolute atomic E-state index is 12.7. The first kappa shape index (κ1) is 27.0. The van der Waals surface area contributed by atoms with Gasteiger partial charge in [-0.05, 0) is 29.7 Å². The van der Waals surface area contributed by atoms with Gasteiger partial charge in [0.05, 0.1) is 29.6 Å². The average molecular weight is 545 g/mol. The number of esters is 2. The number of thiazole rings is 1. The molecule has 0 fully saturated rings. The van der Waals surface area contributed by atoms with Crippen molar-refractivity contribution in [3.63, 3.8) is 0 Å². The quantitative estimate of drug-likeness (QED) is 0.150. The lowest BCUT2D eigenvalue weighted by molar-refractivity contribution is -0.201. The zero-order valence-electron chi connectivity index (χ0n) is 20.0. The minimum atomic E-state index is -5.21. The number of unbranched alkanes of at least 4 members (excludes halogenated alkanes) is 2. The van der Waals surface area contributed by atoms with Crippen LogP contribution in [0.25, 0.3) is 22.0 Å². The first-order chi connectivity index (χ1) is 18.2. The second kappa shape index (κ2) is 12.0. The van der Waals surface area contributed by atoms with Crippen molar-refractivity contribution in [2.45, 2.75) is 44.3 Å². The van der Waals surface area contributed by atoms with Crippen molar-refractivity contribution in [2.24, 2.45) is 0 Å². The zero-order valence-corrected chi connectivity index (χ0v) is 20.8. The zero-order chi connectivity index (χ0) is 27.1. The molecule has 0 aliphatic heterocycles. The molecule has 0 aliphatic rings. The van der Waals surface area contributed by atoms with Gasteiger partial charge in [0.25, 0.3) is 5.91 Å². The Morgan fingerprint density at radius 1 is 1.03 bits per heavy atom. The smallest absolute Gasteiger partial charge is 0.386 e. The number of hydrogen-bond acceptors (Lipinski definition) is 7. The van der Waals surface area contributed by atoms with E-state index in [1.165, 1.54) is 17.5 Å². The molecule has 198 valence electrons. The standard InChI is InChI=1S/C26H23F3N4O4S/c27-26(28,29)25(36)37-22(34)9-3-1-2-8-19(33-24(35)21-14-30-15-38-21)23-31-13-20(32-23)18-11-10-16-6-4-5-7-17(16)12-18/h4-7,10-15,19H,1-3,8-9H2,(H,31,32)(H,33,35)/t19-/m0/s1. The van der Waals surface area contributed by atoms with E-state index in [0.29, 0.717) is 30.0 Å². The van der Waals surface area contributed by atoms with Gasteiger partial charge in [0.1, 0.15) is 10.7 Å². The molecule has 2 heterocycles. The summed E-state index contributed by atoms with van der Waals surface area (Å²) in [6.07, 6.45) is -0.723. The van der Waals surface area contributed by atoms with Crippen LogP contribution in [0.5, 0.6) is 0 Å². The number of carbonyl (C=O) groups is 3. The van der Waals surface area contributed by atoms with E-state index in [9.17, 15) is 27.6 Å². The van der Waals surface area contributed by atoms with Crippen LogP contribution in [0, 0.1) is 0 Å². The number of H-pyrrole nitrogens is 1. The molecule has 1 atom stereocenters. The number of aromatic amines is 1. The molecular formula is C26H23F3N4O4S. The second-order valence-corrected chi connectivity index (χ2v) is 9.38. The van der Waals surface area contributed by atoms with Gasteiger partial charge in [-0.15, -0.1) is 11.3 Å². The summed E-state index contributed by atoms with van der Waals surface area (Å²) in [6, 6.07) is 13.5. The van der Waals surface area contributed by atoms with Gasteiger partial charge in [0, 0.05) is 12.0 Å². The Kier molecular flexibility index (Phi) is 8.52. The third-order valence-corrected chi connectivity index (χ3v) is 6.53. The van der Waals surface area contributed by atoms with Crippen LogP contribution in [0.15, 0.2) is 60.4 Å². The molecule has 4 rings (SSSR count). The largest absolute Gasteiger partial charge is 0.491 e. The van der Waals surface area contributed by atoms with Crippen LogP contribution >= 0.6 is 11.3 Å². The van der Waals surface area contributed by atoms with Crippen LogP contribution in [-0.2, 0) is 14.3 Å². The van der Waals surface area contributed by atoms with Crippen LogP contribution in [0.2, 0.25) is 0 Å². The highest BCUT2D eigenvalue weighted by Gasteiger charge is 2.42. The fraction of sp³-hybridized carbons (Fsp3) is 0.269. The van der Waals surface area contributed by atoms with Crippen molar-refractivity contribution in [2.75, 3.05) is 0 Å². The maximum Gasteiger partial charge on any atom is 0.491 e. The third kappa shape index (κ3) is 7.03. The molecule has 0 saturated carbocycles. The summed E-state index contributed by atoms with van der Waals surface area (Å²) in [4.78, 5) is 47.1. The van der Waals surface area contributed by atoms with Crippen LogP contribution in [0.3, 0.4) is 0 Å². The summed E-state index contributed by atoms with van der Waals surface area (Å²) in [6.45, 7) is 0. The normalized spacial score (nSPS) is 12.3. The van der Waals surface area contributed by atoms with Gasteiger partial charge in [-0.3, -0.25) is 14.6 Å². The van der Waals surface area contributed by atoms with Crippen molar-refractivity contribution in [3.05, 3.63) is 71.1 Å². The fourth-order valence-electron chi connectivity index (χ4n) is 3.86. The van der Waals surface area contributed by atoms with E-state index >= 15 is 0 Å². The summed E-state index contributed by atoms with van der Waals surface area (Å²) in [5, 5.41) is 5.13. The Labute approximate surface area is 219 Å². The van der Waals surface area contributed by atoms with Gasteiger partial charge in [0.15, 0.2) is 0 Å². The monoisotopic (exact) mass is 544 g/mol. The van der Waals surface area contributed by atoms with Gasteiger partial charge in [-0.2, -0.15) is 13.2 Å². The molecule has 0 spiro atoms. The summed E-state index contributed by atoms with van der Waals surface area (Å²) in [7, 11) is 0. The van der Waals surface area contributed by atoms with E-state index in [1.807, 2.05) is 42.5 Å². The highest BCUT2D eigenvalue weighted by Crippen LogP contribution is 2.26. The lowest BCUT2D eigenvalue weighted by Gasteiger charge is -2.16. The molecule has 0 unspecified atom stereocenters. The molecule has 38 heavy (non-hydrogen) atoms.